The van der Waals surface area contributed by atoms with Gasteiger partial charge in [-0.3, -0.25) is 4.79 Å². The summed E-state index contributed by atoms with van der Waals surface area (Å²) < 4.78 is 0. The molecule has 1 fully saturated rings. The molecule has 1 amide bonds. The van der Waals surface area contributed by atoms with Crippen LogP contribution in [0.25, 0.3) is 10.9 Å². The number of nitrogens with one attached hydrogen (secondary N) is 2. The zero-order valence-corrected chi connectivity index (χ0v) is 11.4. The molecule has 1 saturated carbocycles. The van der Waals surface area contributed by atoms with Gasteiger partial charge in [-0.15, -0.1) is 12.4 Å². The zero-order valence-electron chi connectivity index (χ0n) is 10.6. The van der Waals surface area contributed by atoms with Gasteiger partial charge in [-0.2, -0.15) is 0 Å². The van der Waals surface area contributed by atoms with Crippen LogP contribution < -0.4 is 11.1 Å². The number of rotatable bonds is 4. The quantitative estimate of drug-likeness (QED) is 0.798. The first-order chi connectivity index (χ1) is 8.74. The molecule has 1 aliphatic rings. The molecule has 0 radical (unpaired) electrons. The molecule has 1 heterocycles. The van der Waals surface area contributed by atoms with E-state index in [1.807, 2.05) is 30.5 Å². The molecule has 102 valence electrons. The van der Waals surface area contributed by atoms with Gasteiger partial charge >= 0.3 is 0 Å². The highest BCUT2D eigenvalue weighted by Gasteiger charge is 2.26. The maximum Gasteiger partial charge on any atom is 0.237 e. The number of para-hydroxylation sites is 1. The second-order valence-corrected chi connectivity index (χ2v) is 4.95. The van der Waals surface area contributed by atoms with Crippen molar-refractivity contribution in [3.05, 3.63) is 36.0 Å². The molecule has 0 saturated heterocycles. The van der Waals surface area contributed by atoms with Crippen molar-refractivity contribution in [1.29, 1.82) is 0 Å². The van der Waals surface area contributed by atoms with Crippen LogP contribution in [0.15, 0.2) is 30.5 Å². The number of nitrogens with two attached hydrogens (primary N) is 1. The normalized spacial score (nSPS) is 15.8. The van der Waals surface area contributed by atoms with Crippen LogP contribution in [-0.2, 0) is 11.2 Å². The number of hydrogen-bond donors (Lipinski definition) is 3. The van der Waals surface area contributed by atoms with Gasteiger partial charge in [0.25, 0.3) is 0 Å². The van der Waals surface area contributed by atoms with Gasteiger partial charge in [0.15, 0.2) is 0 Å². The number of H-pyrrole nitrogens is 1. The largest absolute Gasteiger partial charge is 0.361 e. The number of carbonyl (C=O) groups is 1. The lowest BCUT2D eigenvalue weighted by molar-refractivity contribution is -0.122. The van der Waals surface area contributed by atoms with Crippen LogP contribution >= 0.6 is 12.4 Å². The van der Waals surface area contributed by atoms with E-state index in [1.165, 1.54) is 0 Å². The Morgan fingerprint density at radius 2 is 2.16 bits per heavy atom. The van der Waals surface area contributed by atoms with Gasteiger partial charge in [0.2, 0.25) is 5.91 Å². The molecular weight excluding hydrogens is 262 g/mol. The Morgan fingerprint density at radius 3 is 2.89 bits per heavy atom. The number of aromatic nitrogens is 1. The first-order valence-corrected chi connectivity index (χ1v) is 6.35. The van der Waals surface area contributed by atoms with E-state index in [2.05, 4.69) is 10.3 Å². The minimum atomic E-state index is -0.468. The third-order valence-electron chi connectivity index (χ3n) is 3.38. The van der Waals surface area contributed by atoms with Crippen LogP contribution in [-0.4, -0.2) is 23.0 Å². The molecule has 2 aromatic rings. The van der Waals surface area contributed by atoms with Crippen molar-refractivity contribution in [2.45, 2.75) is 31.3 Å². The Hall–Kier alpha value is -1.52. The first kappa shape index (κ1) is 13.9. The maximum absolute atomic E-state index is 11.8. The minimum Gasteiger partial charge on any atom is -0.361 e. The van der Waals surface area contributed by atoms with E-state index in [4.69, 9.17) is 5.73 Å². The summed E-state index contributed by atoms with van der Waals surface area (Å²) in [6, 6.07) is 7.95. The van der Waals surface area contributed by atoms with Crippen molar-refractivity contribution in [1.82, 2.24) is 10.3 Å². The van der Waals surface area contributed by atoms with Gasteiger partial charge < -0.3 is 16.0 Å². The Labute approximate surface area is 118 Å². The molecule has 0 bridgehead atoms. The molecule has 1 aliphatic carbocycles. The van der Waals surface area contributed by atoms with E-state index in [9.17, 15) is 4.79 Å². The number of aromatic amines is 1. The highest BCUT2D eigenvalue weighted by atomic mass is 35.5. The average molecular weight is 280 g/mol. The Bertz CT molecular complexity index is 577. The summed E-state index contributed by atoms with van der Waals surface area (Å²) in [5, 5.41) is 4.09. The van der Waals surface area contributed by atoms with Crippen LogP contribution in [0.4, 0.5) is 0 Å². The Balaban J connectivity index is 0.00000133. The number of benzene rings is 1. The van der Waals surface area contributed by atoms with Gasteiger partial charge in [-0.25, -0.2) is 0 Å². The molecule has 1 aromatic carbocycles. The molecule has 5 heteroatoms. The molecule has 0 spiro atoms. The molecule has 4 N–H and O–H groups in total. The van der Waals surface area contributed by atoms with Gasteiger partial charge in [0.1, 0.15) is 0 Å². The molecule has 19 heavy (non-hydrogen) atoms. The van der Waals surface area contributed by atoms with Crippen molar-refractivity contribution in [2.75, 3.05) is 0 Å². The standard InChI is InChI=1S/C14H17N3O.ClH/c15-12(14(18)17-10-5-6-10)7-9-8-16-13-4-2-1-3-11(9)13;/h1-4,8,10,12,16H,5-7,15H2,(H,17,18);1H. The maximum atomic E-state index is 11.8. The summed E-state index contributed by atoms with van der Waals surface area (Å²) in [6.07, 6.45) is 4.69. The summed E-state index contributed by atoms with van der Waals surface area (Å²) in [7, 11) is 0. The predicted octanol–water partition coefficient (Wildman–Crippen LogP) is 1.74. The number of carbonyl (C=O) groups excluding carboxylic acids is 1. The molecule has 3 rings (SSSR count). The van der Waals surface area contributed by atoms with Crippen molar-refractivity contribution in [2.24, 2.45) is 5.73 Å². The lowest BCUT2D eigenvalue weighted by atomic mass is 10.1. The van der Waals surface area contributed by atoms with Crippen LogP contribution in [0.2, 0.25) is 0 Å². The topological polar surface area (TPSA) is 70.9 Å². The van der Waals surface area contributed by atoms with Crippen LogP contribution in [0.3, 0.4) is 0 Å². The third-order valence-corrected chi connectivity index (χ3v) is 3.38. The van der Waals surface area contributed by atoms with E-state index in [1.54, 1.807) is 0 Å². The van der Waals surface area contributed by atoms with Crippen molar-refractivity contribution in [3.8, 4) is 0 Å². The molecule has 0 aliphatic heterocycles. The fourth-order valence-corrected chi connectivity index (χ4v) is 2.17. The smallest absolute Gasteiger partial charge is 0.237 e. The summed E-state index contributed by atoms with van der Waals surface area (Å²) in [4.78, 5) is 15.0. The van der Waals surface area contributed by atoms with Crippen LogP contribution in [0.1, 0.15) is 18.4 Å². The predicted molar refractivity (Wildman–Crippen MR) is 78.4 cm³/mol. The number of hydrogen-bond acceptors (Lipinski definition) is 2. The molecule has 1 atom stereocenters. The van der Waals surface area contributed by atoms with Gasteiger partial charge in [-0.05, 0) is 30.9 Å². The number of fused-ring (bicyclic) bond motifs is 1. The van der Waals surface area contributed by atoms with E-state index in [0.29, 0.717) is 12.5 Å². The third kappa shape index (κ3) is 3.08. The number of amides is 1. The Kier molecular flexibility index (Phi) is 4.12. The Morgan fingerprint density at radius 1 is 1.42 bits per heavy atom. The molecule has 1 unspecified atom stereocenters. The summed E-state index contributed by atoms with van der Waals surface area (Å²) >= 11 is 0. The lowest BCUT2D eigenvalue weighted by Gasteiger charge is -2.11. The lowest BCUT2D eigenvalue weighted by Crippen LogP contribution is -2.42. The average Bonchev–Trinajstić information content (AvgIpc) is 3.10. The highest BCUT2D eigenvalue weighted by Crippen LogP contribution is 2.20. The van der Waals surface area contributed by atoms with Crippen molar-refractivity contribution >= 4 is 29.2 Å². The van der Waals surface area contributed by atoms with Crippen molar-refractivity contribution < 1.29 is 4.79 Å². The van der Waals surface area contributed by atoms with Crippen LogP contribution in [0, 0.1) is 0 Å². The monoisotopic (exact) mass is 279 g/mol. The van der Waals surface area contributed by atoms with E-state index >= 15 is 0 Å². The number of halogens is 1. The minimum absolute atomic E-state index is 0. The second-order valence-electron chi connectivity index (χ2n) is 4.95. The van der Waals surface area contributed by atoms with Crippen LogP contribution in [0.5, 0.6) is 0 Å². The van der Waals surface area contributed by atoms with E-state index in [-0.39, 0.29) is 18.3 Å². The zero-order chi connectivity index (χ0) is 12.5. The first-order valence-electron chi connectivity index (χ1n) is 6.35. The van der Waals surface area contributed by atoms with Gasteiger partial charge in [-0.1, -0.05) is 18.2 Å². The SMILES string of the molecule is Cl.NC(Cc1c[nH]c2ccccc12)C(=O)NC1CC1. The fraction of sp³-hybridized carbons (Fsp3) is 0.357. The summed E-state index contributed by atoms with van der Waals surface area (Å²) in [6.45, 7) is 0. The second kappa shape index (κ2) is 5.63. The van der Waals surface area contributed by atoms with E-state index < -0.39 is 6.04 Å². The molecule has 1 aromatic heterocycles. The summed E-state index contributed by atoms with van der Waals surface area (Å²) in [5.74, 6) is -0.0391. The highest BCUT2D eigenvalue weighted by molar-refractivity contribution is 5.86. The van der Waals surface area contributed by atoms with Gasteiger partial charge in [0.05, 0.1) is 6.04 Å². The fourth-order valence-electron chi connectivity index (χ4n) is 2.17. The molecular formula is C14H18ClN3O. The van der Waals surface area contributed by atoms with Crippen molar-refractivity contribution in [3.63, 3.8) is 0 Å². The summed E-state index contributed by atoms with van der Waals surface area (Å²) in [5.41, 5.74) is 8.14. The van der Waals surface area contributed by atoms with E-state index in [0.717, 1.165) is 29.3 Å². The van der Waals surface area contributed by atoms with Gasteiger partial charge in [0, 0.05) is 23.1 Å². The molecule has 4 nitrogen and oxygen atoms in total.